The predicted octanol–water partition coefficient (Wildman–Crippen LogP) is 3.04. The molecule has 1 unspecified atom stereocenters. The lowest BCUT2D eigenvalue weighted by molar-refractivity contribution is 0.0844. The summed E-state index contributed by atoms with van der Waals surface area (Å²) in [5, 5.41) is 23.7. The highest BCUT2D eigenvalue weighted by Crippen LogP contribution is 2.28. The zero-order valence-electron chi connectivity index (χ0n) is 16.3. The molecule has 0 spiro atoms. The third-order valence-corrected chi connectivity index (χ3v) is 5.27. The van der Waals surface area contributed by atoms with Gasteiger partial charge in [-0.25, -0.2) is 0 Å². The SMILES string of the molecule is COc1ccc(CC(C)N[C@@H](CO)[C@@H](O)c2ccc(SC)cc2)cc1OC. The summed E-state index contributed by atoms with van der Waals surface area (Å²) in [6, 6.07) is 13.2. The molecule has 0 fully saturated rings. The van der Waals surface area contributed by atoms with Crippen molar-refractivity contribution < 1.29 is 19.7 Å². The summed E-state index contributed by atoms with van der Waals surface area (Å²) in [4.78, 5) is 1.14. The van der Waals surface area contributed by atoms with Crippen molar-refractivity contribution in [3.8, 4) is 11.5 Å². The van der Waals surface area contributed by atoms with E-state index in [4.69, 9.17) is 9.47 Å². The average molecular weight is 392 g/mol. The van der Waals surface area contributed by atoms with Crippen LogP contribution in [0.5, 0.6) is 11.5 Å². The molecule has 0 radical (unpaired) electrons. The molecule has 0 saturated heterocycles. The highest BCUT2D eigenvalue weighted by molar-refractivity contribution is 7.98. The van der Waals surface area contributed by atoms with Gasteiger partial charge in [-0.05, 0) is 55.0 Å². The summed E-state index contributed by atoms with van der Waals surface area (Å²) < 4.78 is 10.6. The van der Waals surface area contributed by atoms with Gasteiger partial charge in [0.1, 0.15) is 0 Å². The maximum absolute atomic E-state index is 10.6. The first-order valence-electron chi connectivity index (χ1n) is 8.92. The molecule has 0 heterocycles. The van der Waals surface area contributed by atoms with Crippen LogP contribution in [0.2, 0.25) is 0 Å². The van der Waals surface area contributed by atoms with Gasteiger partial charge in [0.15, 0.2) is 11.5 Å². The Kier molecular flexibility index (Phi) is 8.44. The summed E-state index contributed by atoms with van der Waals surface area (Å²) in [5.74, 6) is 1.38. The van der Waals surface area contributed by atoms with Gasteiger partial charge in [-0.2, -0.15) is 0 Å². The molecule has 0 aromatic heterocycles. The highest BCUT2D eigenvalue weighted by atomic mass is 32.2. The molecule has 0 aliphatic rings. The maximum atomic E-state index is 10.6. The first-order valence-corrected chi connectivity index (χ1v) is 10.1. The minimum Gasteiger partial charge on any atom is -0.493 e. The van der Waals surface area contributed by atoms with E-state index in [1.54, 1.807) is 26.0 Å². The normalized spacial score (nSPS) is 14.4. The van der Waals surface area contributed by atoms with E-state index in [9.17, 15) is 10.2 Å². The lowest BCUT2D eigenvalue weighted by atomic mass is 10.0. The molecular weight excluding hydrogens is 362 g/mol. The highest BCUT2D eigenvalue weighted by Gasteiger charge is 2.22. The van der Waals surface area contributed by atoms with Gasteiger partial charge in [-0.3, -0.25) is 0 Å². The van der Waals surface area contributed by atoms with E-state index in [0.29, 0.717) is 11.5 Å². The average Bonchev–Trinajstić information content (AvgIpc) is 2.71. The molecule has 5 nitrogen and oxygen atoms in total. The van der Waals surface area contributed by atoms with E-state index in [2.05, 4.69) is 5.32 Å². The third kappa shape index (κ3) is 5.87. The van der Waals surface area contributed by atoms with E-state index in [0.717, 1.165) is 22.4 Å². The maximum Gasteiger partial charge on any atom is 0.160 e. The van der Waals surface area contributed by atoms with Crippen LogP contribution in [0.15, 0.2) is 47.4 Å². The fraction of sp³-hybridized carbons (Fsp3) is 0.429. The van der Waals surface area contributed by atoms with Crippen LogP contribution < -0.4 is 14.8 Å². The number of thioether (sulfide) groups is 1. The molecule has 27 heavy (non-hydrogen) atoms. The van der Waals surface area contributed by atoms with Crippen LogP contribution in [0, 0.1) is 0 Å². The smallest absolute Gasteiger partial charge is 0.160 e. The van der Waals surface area contributed by atoms with Crippen LogP contribution in [0.1, 0.15) is 24.2 Å². The van der Waals surface area contributed by atoms with Gasteiger partial charge < -0.3 is 25.0 Å². The molecule has 0 saturated carbocycles. The van der Waals surface area contributed by atoms with Crippen molar-refractivity contribution in [2.45, 2.75) is 36.4 Å². The molecule has 2 aromatic rings. The van der Waals surface area contributed by atoms with Crippen molar-refractivity contribution >= 4 is 11.8 Å². The minimum absolute atomic E-state index is 0.0559. The molecule has 3 atom stereocenters. The molecule has 0 bridgehead atoms. The zero-order chi connectivity index (χ0) is 19.8. The molecule has 2 aromatic carbocycles. The number of aliphatic hydroxyl groups is 2. The Morgan fingerprint density at radius 2 is 1.70 bits per heavy atom. The van der Waals surface area contributed by atoms with Crippen molar-refractivity contribution in [3.05, 3.63) is 53.6 Å². The summed E-state index contributed by atoms with van der Waals surface area (Å²) in [5.41, 5.74) is 1.88. The Morgan fingerprint density at radius 3 is 2.26 bits per heavy atom. The van der Waals surface area contributed by atoms with Gasteiger partial charge in [0.25, 0.3) is 0 Å². The van der Waals surface area contributed by atoms with Crippen LogP contribution >= 0.6 is 11.8 Å². The predicted molar refractivity (Wildman–Crippen MR) is 110 cm³/mol. The van der Waals surface area contributed by atoms with Gasteiger partial charge in [0.05, 0.1) is 33.0 Å². The fourth-order valence-corrected chi connectivity index (χ4v) is 3.47. The fourth-order valence-electron chi connectivity index (χ4n) is 3.06. The molecular formula is C21H29NO4S. The number of hydrogen-bond acceptors (Lipinski definition) is 6. The number of nitrogens with one attached hydrogen (secondary N) is 1. The van der Waals surface area contributed by atoms with E-state index >= 15 is 0 Å². The summed E-state index contributed by atoms with van der Waals surface area (Å²) in [7, 11) is 3.23. The van der Waals surface area contributed by atoms with Crippen molar-refractivity contribution in [1.82, 2.24) is 5.32 Å². The molecule has 6 heteroatoms. The Labute approximate surface area is 165 Å². The monoisotopic (exact) mass is 391 g/mol. The van der Waals surface area contributed by atoms with Gasteiger partial charge >= 0.3 is 0 Å². The van der Waals surface area contributed by atoms with E-state index in [1.165, 1.54) is 0 Å². The van der Waals surface area contributed by atoms with Crippen LogP contribution in [-0.2, 0) is 6.42 Å². The third-order valence-electron chi connectivity index (χ3n) is 4.52. The number of ether oxygens (including phenoxy) is 2. The Balaban J connectivity index is 2.02. The summed E-state index contributed by atoms with van der Waals surface area (Å²) >= 11 is 1.65. The second kappa shape index (κ2) is 10.6. The van der Waals surface area contributed by atoms with E-state index in [1.807, 2.05) is 55.6 Å². The van der Waals surface area contributed by atoms with Gasteiger partial charge in [0.2, 0.25) is 0 Å². The summed E-state index contributed by atoms with van der Waals surface area (Å²) in [6.45, 7) is 1.88. The Bertz CT molecular complexity index is 708. The van der Waals surface area contributed by atoms with Crippen molar-refractivity contribution in [3.63, 3.8) is 0 Å². The second-order valence-electron chi connectivity index (χ2n) is 6.47. The molecule has 0 aliphatic heterocycles. The number of methoxy groups -OCH3 is 2. The summed E-state index contributed by atoms with van der Waals surface area (Å²) in [6.07, 6.45) is 1.97. The van der Waals surface area contributed by atoms with E-state index in [-0.39, 0.29) is 12.6 Å². The lowest BCUT2D eigenvalue weighted by Crippen LogP contribution is -2.44. The van der Waals surface area contributed by atoms with Crippen molar-refractivity contribution in [2.75, 3.05) is 27.1 Å². The largest absolute Gasteiger partial charge is 0.493 e. The van der Waals surface area contributed by atoms with Gasteiger partial charge in [-0.1, -0.05) is 18.2 Å². The molecule has 3 N–H and O–H groups in total. The van der Waals surface area contributed by atoms with Crippen LogP contribution in [0.3, 0.4) is 0 Å². The van der Waals surface area contributed by atoms with Crippen molar-refractivity contribution in [1.29, 1.82) is 0 Å². The quantitative estimate of drug-likeness (QED) is 0.541. The molecule has 148 valence electrons. The standard InChI is InChI=1S/C21H29NO4S/c1-14(11-15-5-10-19(25-2)20(12-15)26-3)22-18(13-23)21(24)16-6-8-17(27-4)9-7-16/h5-10,12,14,18,21-24H,11,13H2,1-4H3/t14?,18-,21-/m0/s1. The lowest BCUT2D eigenvalue weighted by Gasteiger charge is -2.26. The van der Waals surface area contributed by atoms with Crippen LogP contribution in [-0.4, -0.2) is 49.4 Å². The second-order valence-corrected chi connectivity index (χ2v) is 7.35. The molecule has 2 rings (SSSR count). The Morgan fingerprint density at radius 1 is 1.04 bits per heavy atom. The first kappa shape index (κ1) is 21.6. The van der Waals surface area contributed by atoms with E-state index < -0.39 is 12.1 Å². The number of aliphatic hydroxyl groups excluding tert-OH is 2. The number of hydrogen-bond donors (Lipinski definition) is 3. The number of benzene rings is 2. The molecule has 0 aliphatic carbocycles. The number of rotatable bonds is 10. The zero-order valence-corrected chi connectivity index (χ0v) is 17.1. The minimum atomic E-state index is -0.779. The topological polar surface area (TPSA) is 71.0 Å². The first-order chi connectivity index (χ1) is 13.0. The van der Waals surface area contributed by atoms with Gasteiger partial charge in [0, 0.05) is 10.9 Å². The van der Waals surface area contributed by atoms with Crippen LogP contribution in [0.4, 0.5) is 0 Å². The Hall–Kier alpha value is -1.73. The molecule has 0 amide bonds. The van der Waals surface area contributed by atoms with Gasteiger partial charge in [-0.15, -0.1) is 11.8 Å². The van der Waals surface area contributed by atoms with Crippen LogP contribution in [0.25, 0.3) is 0 Å². The van der Waals surface area contributed by atoms with Crippen molar-refractivity contribution in [2.24, 2.45) is 0 Å².